The summed E-state index contributed by atoms with van der Waals surface area (Å²) in [5.74, 6) is -0.00458. The Morgan fingerprint density at radius 1 is 0.792 bits per heavy atom. The summed E-state index contributed by atoms with van der Waals surface area (Å²) in [5, 5.41) is 6.10. The monoisotopic (exact) mass is 316 g/mol. The fourth-order valence-electron chi connectivity index (χ4n) is 2.59. The number of hydrogen-bond acceptors (Lipinski definition) is 2. The van der Waals surface area contributed by atoms with Gasteiger partial charge in [-0.3, -0.25) is 4.79 Å². The number of para-hydroxylation sites is 2. The number of anilines is 2. The first-order valence-corrected chi connectivity index (χ1v) is 7.97. The van der Waals surface area contributed by atoms with Crippen LogP contribution in [0.1, 0.15) is 17.2 Å². The molecule has 0 fully saturated rings. The molecule has 1 aliphatic heterocycles. The lowest BCUT2D eigenvalue weighted by Crippen LogP contribution is -2.19. The van der Waals surface area contributed by atoms with E-state index in [1.54, 1.807) is 0 Å². The molecule has 3 aromatic carbocycles. The van der Waals surface area contributed by atoms with Crippen molar-refractivity contribution >= 4 is 17.3 Å². The van der Waals surface area contributed by atoms with Crippen LogP contribution in [0.25, 0.3) is 0 Å². The molecule has 3 heteroatoms. The van der Waals surface area contributed by atoms with E-state index in [0.717, 1.165) is 16.9 Å². The van der Waals surface area contributed by atoms with Crippen molar-refractivity contribution in [1.82, 2.24) is 0 Å². The maximum atomic E-state index is 11.9. The topological polar surface area (TPSA) is 41.1 Å². The summed E-state index contributed by atoms with van der Waals surface area (Å²) in [6.45, 7) is 2.08. The number of aryl methyl sites for hydroxylation is 1. The number of hydrogen-bond donors (Lipinski definition) is 2. The Balaban J connectivity index is 0.000000203. The number of carbonyl (C=O) groups is 1. The Morgan fingerprint density at radius 2 is 1.38 bits per heavy atom. The van der Waals surface area contributed by atoms with Crippen LogP contribution in [0, 0.1) is 6.92 Å². The Morgan fingerprint density at radius 3 is 2.00 bits per heavy atom. The standard InChI is InChI=1S/C14H12N2O.C7H8/c17-14-13(15-10-6-2-1-3-7-10)11-8-4-5-9-12(11)16-14;1-7-5-3-2-4-6-7/h1-9,13,15H,(H,16,17);2-6H,1H3. The zero-order valence-electron chi connectivity index (χ0n) is 13.6. The van der Waals surface area contributed by atoms with Gasteiger partial charge in [0, 0.05) is 16.9 Å². The van der Waals surface area contributed by atoms with Gasteiger partial charge in [0.2, 0.25) is 0 Å². The summed E-state index contributed by atoms with van der Waals surface area (Å²) in [4.78, 5) is 11.9. The average molecular weight is 316 g/mol. The molecular weight excluding hydrogens is 296 g/mol. The Labute approximate surface area is 142 Å². The summed E-state index contributed by atoms with van der Waals surface area (Å²) in [6.07, 6.45) is 0. The highest BCUT2D eigenvalue weighted by atomic mass is 16.2. The number of carbonyl (C=O) groups excluding carboxylic acids is 1. The third-order valence-electron chi connectivity index (χ3n) is 3.82. The second kappa shape index (κ2) is 7.47. The van der Waals surface area contributed by atoms with E-state index in [-0.39, 0.29) is 11.9 Å². The lowest BCUT2D eigenvalue weighted by Gasteiger charge is -2.12. The second-order valence-electron chi connectivity index (χ2n) is 5.67. The molecule has 1 atom stereocenters. The number of nitrogens with one attached hydrogen (secondary N) is 2. The van der Waals surface area contributed by atoms with Gasteiger partial charge in [-0.2, -0.15) is 0 Å². The molecular formula is C21H20N2O. The first kappa shape index (κ1) is 15.8. The zero-order valence-corrected chi connectivity index (χ0v) is 13.6. The molecule has 1 unspecified atom stereocenters. The van der Waals surface area contributed by atoms with Crippen molar-refractivity contribution in [2.24, 2.45) is 0 Å². The fraction of sp³-hybridized carbons (Fsp3) is 0.0952. The number of amides is 1. The number of fused-ring (bicyclic) bond motifs is 1. The predicted molar refractivity (Wildman–Crippen MR) is 99.1 cm³/mol. The molecule has 0 aliphatic carbocycles. The van der Waals surface area contributed by atoms with Crippen molar-refractivity contribution < 1.29 is 4.79 Å². The minimum absolute atomic E-state index is 0.00458. The third-order valence-corrected chi connectivity index (χ3v) is 3.82. The Hall–Kier alpha value is -3.07. The van der Waals surface area contributed by atoms with Gasteiger partial charge in [0.15, 0.2) is 0 Å². The van der Waals surface area contributed by atoms with Gasteiger partial charge >= 0.3 is 0 Å². The van der Waals surface area contributed by atoms with Gasteiger partial charge in [-0.15, -0.1) is 0 Å². The van der Waals surface area contributed by atoms with Gasteiger partial charge in [0.25, 0.3) is 5.91 Å². The molecule has 0 saturated heterocycles. The highest BCUT2D eigenvalue weighted by Gasteiger charge is 2.29. The first-order valence-electron chi connectivity index (χ1n) is 7.97. The highest BCUT2D eigenvalue weighted by molar-refractivity contribution is 6.04. The SMILES string of the molecule is Cc1ccccc1.O=C1Nc2ccccc2C1Nc1ccccc1. The smallest absolute Gasteiger partial charge is 0.251 e. The van der Waals surface area contributed by atoms with Crippen molar-refractivity contribution in [2.75, 3.05) is 10.6 Å². The summed E-state index contributed by atoms with van der Waals surface area (Å²) in [5.41, 5.74) is 4.17. The van der Waals surface area contributed by atoms with E-state index in [4.69, 9.17) is 0 Å². The molecule has 1 heterocycles. The Kier molecular flexibility index (Phi) is 4.92. The van der Waals surface area contributed by atoms with Crippen LogP contribution in [-0.2, 0) is 4.79 Å². The quantitative estimate of drug-likeness (QED) is 0.714. The maximum absolute atomic E-state index is 11.9. The number of benzene rings is 3. The largest absolute Gasteiger partial charge is 0.370 e. The molecule has 0 bridgehead atoms. The molecule has 1 aliphatic rings. The molecule has 120 valence electrons. The normalized spacial score (nSPS) is 14.9. The van der Waals surface area contributed by atoms with Crippen molar-refractivity contribution in [2.45, 2.75) is 13.0 Å². The molecule has 0 saturated carbocycles. The minimum atomic E-state index is -0.298. The lowest BCUT2D eigenvalue weighted by atomic mass is 10.1. The molecule has 3 aromatic rings. The van der Waals surface area contributed by atoms with Crippen LogP contribution in [-0.4, -0.2) is 5.91 Å². The van der Waals surface area contributed by atoms with Crippen molar-refractivity contribution in [3.05, 3.63) is 96.1 Å². The van der Waals surface area contributed by atoms with Gasteiger partial charge in [0.05, 0.1) is 0 Å². The summed E-state index contributed by atoms with van der Waals surface area (Å²) in [6, 6.07) is 27.5. The van der Waals surface area contributed by atoms with Gasteiger partial charge in [0.1, 0.15) is 6.04 Å². The first-order chi connectivity index (χ1) is 11.7. The molecule has 4 rings (SSSR count). The highest BCUT2D eigenvalue weighted by Crippen LogP contribution is 2.32. The van der Waals surface area contributed by atoms with Crippen LogP contribution in [0.15, 0.2) is 84.9 Å². The van der Waals surface area contributed by atoms with E-state index in [0.29, 0.717) is 0 Å². The fourth-order valence-corrected chi connectivity index (χ4v) is 2.59. The molecule has 2 N–H and O–H groups in total. The van der Waals surface area contributed by atoms with Gasteiger partial charge < -0.3 is 10.6 Å². The summed E-state index contributed by atoms with van der Waals surface area (Å²) in [7, 11) is 0. The molecule has 0 radical (unpaired) electrons. The van der Waals surface area contributed by atoms with E-state index < -0.39 is 0 Å². The molecule has 3 nitrogen and oxygen atoms in total. The second-order valence-corrected chi connectivity index (χ2v) is 5.67. The van der Waals surface area contributed by atoms with Gasteiger partial charge in [-0.05, 0) is 25.1 Å². The van der Waals surface area contributed by atoms with Crippen LogP contribution in [0.3, 0.4) is 0 Å². The summed E-state index contributed by atoms with van der Waals surface area (Å²) >= 11 is 0. The molecule has 1 amide bonds. The minimum Gasteiger partial charge on any atom is -0.370 e. The van der Waals surface area contributed by atoms with Gasteiger partial charge in [-0.1, -0.05) is 72.3 Å². The molecule has 0 spiro atoms. The number of rotatable bonds is 2. The van der Waals surface area contributed by atoms with Crippen LogP contribution in [0.5, 0.6) is 0 Å². The Bertz CT molecular complexity index is 800. The van der Waals surface area contributed by atoms with Crippen LogP contribution >= 0.6 is 0 Å². The average Bonchev–Trinajstić information content (AvgIpc) is 2.93. The van der Waals surface area contributed by atoms with Crippen LogP contribution in [0.4, 0.5) is 11.4 Å². The van der Waals surface area contributed by atoms with Crippen LogP contribution < -0.4 is 10.6 Å². The zero-order chi connectivity index (χ0) is 16.8. The maximum Gasteiger partial charge on any atom is 0.251 e. The molecule has 24 heavy (non-hydrogen) atoms. The van der Waals surface area contributed by atoms with Crippen molar-refractivity contribution in [3.8, 4) is 0 Å². The lowest BCUT2D eigenvalue weighted by molar-refractivity contribution is -0.116. The third kappa shape index (κ3) is 3.82. The van der Waals surface area contributed by atoms with E-state index in [1.807, 2.05) is 72.8 Å². The van der Waals surface area contributed by atoms with Crippen LogP contribution in [0.2, 0.25) is 0 Å². The van der Waals surface area contributed by atoms with Crippen molar-refractivity contribution in [3.63, 3.8) is 0 Å². The predicted octanol–water partition coefficient (Wildman–Crippen LogP) is 4.79. The summed E-state index contributed by atoms with van der Waals surface area (Å²) < 4.78 is 0. The van der Waals surface area contributed by atoms with E-state index in [9.17, 15) is 4.79 Å². The van der Waals surface area contributed by atoms with E-state index >= 15 is 0 Å². The van der Waals surface area contributed by atoms with E-state index in [2.05, 4.69) is 29.7 Å². The van der Waals surface area contributed by atoms with Gasteiger partial charge in [-0.25, -0.2) is 0 Å². The van der Waals surface area contributed by atoms with Crippen molar-refractivity contribution in [1.29, 1.82) is 0 Å². The molecule has 0 aromatic heterocycles. The van der Waals surface area contributed by atoms with E-state index in [1.165, 1.54) is 5.56 Å².